The summed E-state index contributed by atoms with van der Waals surface area (Å²) >= 11 is 0. The second-order valence-corrected chi connectivity index (χ2v) is 8.16. The number of ketones is 1. The quantitative estimate of drug-likeness (QED) is 0.805. The van der Waals surface area contributed by atoms with Crippen LogP contribution in [0, 0.1) is 13.8 Å². The van der Waals surface area contributed by atoms with Crippen molar-refractivity contribution < 1.29 is 18.0 Å². The van der Waals surface area contributed by atoms with Crippen molar-refractivity contribution in [2.24, 2.45) is 0 Å². The van der Waals surface area contributed by atoms with E-state index in [0.29, 0.717) is 18.0 Å². The van der Waals surface area contributed by atoms with E-state index in [4.69, 9.17) is 0 Å². The predicted octanol–water partition coefficient (Wildman–Crippen LogP) is 1.51. The van der Waals surface area contributed by atoms with Crippen LogP contribution in [0.25, 0.3) is 0 Å². The van der Waals surface area contributed by atoms with Crippen LogP contribution in [0.1, 0.15) is 30.9 Å². The van der Waals surface area contributed by atoms with Gasteiger partial charge in [-0.05, 0) is 38.0 Å². The zero-order valence-corrected chi connectivity index (χ0v) is 15.2. The summed E-state index contributed by atoms with van der Waals surface area (Å²) in [4.78, 5) is 25.0. The Hall–Kier alpha value is -1.73. The molecule has 1 fully saturated rings. The van der Waals surface area contributed by atoms with Crippen LogP contribution in [0.4, 0.5) is 0 Å². The monoisotopic (exact) mass is 352 g/mol. The Labute approximate surface area is 143 Å². The molecule has 0 aromatic heterocycles. The molecule has 2 rings (SSSR count). The second-order valence-electron chi connectivity index (χ2n) is 6.26. The number of Topliss-reactive ketones (excluding diaryl/α,β-unsaturated/α-hetero) is 1. The molecule has 1 saturated heterocycles. The highest BCUT2D eigenvalue weighted by atomic mass is 32.2. The first-order valence-corrected chi connectivity index (χ1v) is 9.50. The Balaban J connectivity index is 2.04. The third-order valence-electron chi connectivity index (χ3n) is 4.24. The van der Waals surface area contributed by atoms with E-state index in [1.165, 1.54) is 11.2 Å². The molecule has 0 bridgehead atoms. The summed E-state index contributed by atoms with van der Waals surface area (Å²) in [6.07, 6.45) is 0.429. The summed E-state index contributed by atoms with van der Waals surface area (Å²) in [6.45, 7) is 6.39. The van der Waals surface area contributed by atoms with Gasteiger partial charge in [0.1, 0.15) is 5.78 Å². The molecule has 1 aromatic rings. The Bertz CT molecular complexity index is 735. The van der Waals surface area contributed by atoms with Crippen molar-refractivity contribution in [1.82, 2.24) is 9.21 Å². The van der Waals surface area contributed by atoms with E-state index in [1.54, 1.807) is 17.9 Å². The summed E-state index contributed by atoms with van der Waals surface area (Å²) in [5.74, 6) is -0.103. The summed E-state index contributed by atoms with van der Waals surface area (Å²) in [5, 5.41) is 0. The number of hydrogen-bond donors (Lipinski definition) is 0. The highest BCUT2D eigenvalue weighted by Crippen LogP contribution is 2.22. The molecule has 132 valence electrons. The topological polar surface area (TPSA) is 74.8 Å². The van der Waals surface area contributed by atoms with Crippen LogP contribution in [0.3, 0.4) is 0 Å². The van der Waals surface area contributed by atoms with Gasteiger partial charge < -0.3 is 9.69 Å². The van der Waals surface area contributed by atoms with Gasteiger partial charge in [0.25, 0.3) is 0 Å². The molecule has 1 aliphatic heterocycles. The lowest BCUT2D eigenvalue weighted by Crippen LogP contribution is -2.50. The smallest absolute Gasteiger partial charge is 0.243 e. The number of benzene rings is 1. The molecule has 0 radical (unpaired) electrons. The minimum Gasteiger partial charge on any atom is -0.340 e. The van der Waals surface area contributed by atoms with Crippen LogP contribution >= 0.6 is 0 Å². The van der Waals surface area contributed by atoms with Crippen molar-refractivity contribution in [3.8, 4) is 0 Å². The lowest BCUT2D eigenvalue weighted by molar-refractivity contribution is -0.134. The number of sulfonamides is 1. The normalized spacial score (nSPS) is 16.2. The van der Waals surface area contributed by atoms with Gasteiger partial charge in [0.05, 0.1) is 4.90 Å². The van der Waals surface area contributed by atoms with E-state index in [9.17, 15) is 18.0 Å². The Morgan fingerprint density at radius 3 is 2.25 bits per heavy atom. The SMILES string of the molecule is CC(=O)CCC(=O)N1CCN(S(=O)(=O)c2cc(C)ccc2C)CC1. The van der Waals surface area contributed by atoms with Gasteiger partial charge in [-0.15, -0.1) is 0 Å². The highest BCUT2D eigenvalue weighted by molar-refractivity contribution is 7.89. The van der Waals surface area contributed by atoms with Crippen LogP contribution < -0.4 is 0 Å². The van der Waals surface area contributed by atoms with E-state index in [-0.39, 0.29) is 37.6 Å². The Morgan fingerprint density at radius 2 is 1.67 bits per heavy atom. The molecular formula is C17H24N2O4S. The molecule has 0 atom stereocenters. The molecule has 1 aliphatic rings. The van der Waals surface area contributed by atoms with E-state index >= 15 is 0 Å². The molecule has 0 N–H and O–H groups in total. The Kier molecular flexibility index (Phi) is 5.77. The minimum absolute atomic E-state index is 0.0144. The average molecular weight is 352 g/mol. The van der Waals surface area contributed by atoms with Crippen LogP contribution in [-0.2, 0) is 19.6 Å². The maximum atomic E-state index is 12.8. The van der Waals surface area contributed by atoms with Crippen molar-refractivity contribution in [3.63, 3.8) is 0 Å². The molecule has 6 nitrogen and oxygen atoms in total. The molecular weight excluding hydrogens is 328 g/mol. The van der Waals surface area contributed by atoms with E-state index < -0.39 is 10.0 Å². The average Bonchev–Trinajstić information content (AvgIpc) is 2.54. The van der Waals surface area contributed by atoms with Gasteiger partial charge in [-0.25, -0.2) is 8.42 Å². The Morgan fingerprint density at radius 1 is 1.04 bits per heavy atom. The van der Waals surface area contributed by atoms with Crippen molar-refractivity contribution in [2.45, 2.75) is 38.5 Å². The summed E-state index contributed by atoms with van der Waals surface area (Å²) < 4.78 is 27.1. The first kappa shape index (κ1) is 18.6. The first-order valence-electron chi connectivity index (χ1n) is 8.06. The van der Waals surface area contributed by atoms with Gasteiger partial charge in [0.2, 0.25) is 15.9 Å². The number of aryl methyl sites for hydroxylation is 2. The molecule has 24 heavy (non-hydrogen) atoms. The van der Waals surface area contributed by atoms with Gasteiger partial charge in [0.15, 0.2) is 0 Å². The molecule has 1 aromatic carbocycles. The van der Waals surface area contributed by atoms with Gasteiger partial charge >= 0.3 is 0 Å². The highest BCUT2D eigenvalue weighted by Gasteiger charge is 2.30. The summed E-state index contributed by atoms with van der Waals surface area (Å²) in [6, 6.07) is 5.39. The number of rotatable bonds is 5. The van der Waals surface area contributed by atoms with Crippen LogP contribution in [0.15, 0.2) is 23.1 Å². The van der Waals surface area contributed by atoms with Crippen molar-refractivity contribution in [3.05, 3.63) is 29.3 Å². The predicted molar refractivity (Wildman–Crippen MR) is 91.2 cm³/mol. The number of amides is 1. The zero-order chi connectivity index (χ0) is 17.9. The number of carbonyl (C=O) groups excluding carboxylic acids is 2. The number of carbonyl (C=O) groups is 2. The van der Waals surface area contributed by atoms with Crippen LogP contribution in [-0.4, -0.2) is 55.5 Å². The van der Waals surface area contributed by atoms with Crippen molar-refractivity contribution in [2.75, 3.05) is 26.2 Å². The molecule has 7 heteroatoms. The molecule has 1 amide bonds. The molecule has 1 heterocycles. The molecule has 0 saturated carbocycles. The van der Waals surface area contributed by atoms with Crippen LogP contribution in [0.5, 0.6) is 0 Å². The fourth-order valence-corrected chi connectivity index (χ4v) is 4.48. The molecule has 0 aliphatic carbocycles. The lowest BCUT2D eigenvalue weighted by Gasteiger charge is -2.34. The minimum atomic E-state index is -3.55. The summed E-state index contributed by atoms with van der Waals surface area (Å²) in [5.41, 5.74) is 1.62. The van der Waals surface area contributed by atoms with Gasteiger partial charge in [-0.3, -0.25) is 4.79 Å². The van der Waals surface area contributed by atoms with Gasteiger partial charge in [-0.1, -0.05) is 12.1 Å². The lowest BCUT2D eigenvalue weighted by atomic mass is 10.2. The van der Waals surface area contributed by atoms with E-state index in [1.807, 2.05) is 19.1 Å². The fraction of sp³-hybridized carbons (Fsp3) is 0.529. The molecule has 0 spiro atoms. The zero-order valence-electron chi connectivity index (χ0n) is 14.4. The number of piperazine rings is 1. The van der Waals surface area contributed by atoms with Gasteiger partial charge in [-0.2, -0.15) is 4.31 Å². The molecule has 0 unspecified atom stereocenters. The first-order chi connectivity index (χ1) is 11.2. The standard InChI is InChI=1S/C17H24N2O4S/c1-13-4-5-14(2)16(12-13)24(22,23)19-10-8-18(9-11-19)17(21)7-6-15(3)20/h4-5,12H,6-11H2,1-3H3. The van der Waals surface area contributed by atoms with E-state index in [2.05, 4.69) is 0 Å². The largest absolute Gasteiger partial charge is 0.340 e. The number of nitrogens with zero attached hydrogens (tertiary/aromatic N) is 2. The fourth-order valence-electron chi connectivity index (χ4n) is 2.74. The van der Waals surface area contributed by atoms with Crippen molar-refractivity contribution >= 4 is 21.7 Å². The third-order valence-corrected chi connectivity index (χ3v) is 6.28. The van der Waals surface area contributed by atoms with E-state index in [0.717, 1.165) is 11.1 Å². The summed E-state index contributed by atoms with van der Waals surface area (Å²) in [7, 11) is -3.55. The maximum Gasteiger partial charge on any atom is 0.243 e. The van der Waals surface area contributed by atoms with Gasteiger partial charge in [0, 0.05) is 39.0 Å². The second kappa shape index (κ2) is 7.44. The third kappa shape index (κ3) is 4.21. The number of hydrogen-bond acceptors (Lipinski definition) is 4. The van der Waals surface area contributed by atoms with Crippen molar-refractivity contribution in [1.29, 1.82) is 0 Å². The van der Waals surface area contributed by atoms with Crippen LogP contribution in [0.2, 0.25) is 0 Å². The maximum absolute atomic E-state index is 12.8.